The Labute approximate surface area is 130 Å². The van der Waals surface area contributed by atoms with Gasteiger partial charge in [0.05, 0.1) is 16.3 Å². The molecule has 2 aromatic heterocycles. The van der Waals surface area contributed by atoms with E-state index in [1.54, 1.807) is 29.7 Å². The number of pyridine rings is 1. The van der Waals surface area contributed by atoms with Crippen molar-refractivity contribution in [2.45, 2.75) is 12.5 Å². The number of nitrogens with zero attached hydrogens (tertiary/aromatic N) is 1. The van der Waals surface area contributed by atoms with Crippen molar-refractivity contribution in [1.82, 2.24) is 10.4 Å². The van der Waals surface area contributed by atoms with E-state index in [9.17, 15) is 4.39 Å². The first-order valence-electron chi connectivity index (χ1n) is 6.40. The zero-order valence-electron chi connectivity index (χ0n) is 11.0. The second-order valence-electron chi connectivity index (χ2n) is 4.73. The Bertz CT molecular complexity index is 774. The van der Waals surface area contributed by atoms with E-state index in [0.29, 0.717) is 17.0 Å². The first kappa shape index (κ1) is 14.4. The summed E-state index contributed by atoms with van der Waals surface area (Å²) in [4.78, 5) is 4.39. The molecule has 3 aromatic rings. The summed E-state index contributed by atoms with van der Waals surface area (Å²) in [6.45, 7) is 0. The van der Waals surface area contributed by atoms with E-state index < -0.39 is 0 Å². The molecule has 0 fully saturated rings. The third kappa shape index (κ3) is 3.06. The number of nitrogens with two attached hydrogens (primary N) is 1. The fourth-order valence-electron chi connectivity index (χ4n) is 2.23. The molecule has 0 saturated carbocycles. The van der Waals surface area contributed by atoms with Crippen LogP contribution >= 0.6 is 22.9 Å². The number of nitrogens with one attached hydrogen (secondary N) is 1. The van der Waals surface area contributed by atoms with Gasteiger partial charge in [-0.25, -0.2) is 4.39 Å². The lowest BCUT2D eigenvalue weighted by molar-refractivity contribution is 0.528. The number of rotatable bonds is 4. The van der Waals surface area contributed by atoms with E-state index in [1.165, 1.54) is 6.07 Å². The van der Waals surface area contributed by atoms with E-state index in [-0.39, 0.29) is 11.9 Å². The Morgan fingerprint density at radius 1 is 1.33 bits per heavy atom. The van der Waals surface area contributed by atoms with Crippen LogP contribution < -0.4 is 11.3 Å². The highest BCUT2D eigenvalue weighted by molar-refractivity contribution is 7.17. The number of fused-ring (bicyclic) bond motifs is 1. The molecule has 3 rings (SSSR count). The minimum atomic E-state index is -0.326. The molecule has 3 N–H and O–H groups in total. The summed E-state index contributed by atoms with van der Waals surface area (Å²) in [5.74, 6) is 5.30. The average molecular weight is 322 g/mol. The molecule has 0 bridgehead atoms. The predicted octanol–water partition coefficient (Wildman–Crippen LogP) is 3.84. The van der Waals surface area contributed by atoms with E-state index >= 15 is 0 Å². The van der Waals surface area contributed by atoms with E-state index in [2.05, 4.69) is 10.4 Å². The second-order valence-corrected chi connectivity index (χ2v) is 6.12. The summed E-state index contributed by atoms with van der Waals surface area (Å²) in [7, 11) is 0. The van der Waals surface area contributed by atoms with Crippen LogP contribution in [0.2, 0.25) is 5.02 Å². The standard InChI is InChI=1S/C15H13ClFN3S/c16-11-2-1-9(12(17)7-11)5-14(20-18)10-6-15-13(19-8-10)3-4-21-15/h1-4,6-8,14,20H,5,18H2. The Hall–Kier alpha value is -1.53. The van der Waals surface area contributed by atoms with Crippen LogP contribution in [0.15, 0.2) is 41.9 Å². The van der Waals surface area contributed by atoms with Crippen LogP contribution in [0.4, 0.5) is 4.39 Å². The van der Waals surface area contributed by atoms with Crippen molar-refractivity contribution >= 4 is 33.2 Å². The molecule has 1 atom stereocenters. The van der Waals surface area contributed by atoms with Crippen molar-refractivity contribution in [2.24, 2.45) is 5.84 Å². The highest BCUT2D eigenvalue weighted by Gasteiger charge is 2.15. The molecule has 0 amide bonds. The second kappa shape index (κ2) is 6.07. The van der Waals surface area contributed by atoms with Gasteiger partial charge < -0.3 is 0 Å². The average Bonchev–Trinajstić information content (AvgIpc) is 2.94. The van der Waals surface area contributed by atoms with Crippen molar-refractivity contribution in [2.75, 3.05) is 0 Å². The maximum atomic E-state index is 13.9. The largest absolute Gasteiger partial charge is 0.271 e. The number of benzene rings is 1. The molecule has 2 heterocycles. The van der Waals surface area contributed by atoms with Gasteiger partial charge in [0.15, 0.2) is 0 Å². The summed E-state index contributed by atoms with van der Waals surface area (Å²) >= 11 is 7.39. The molecule has 1 aromatic carbocycles. The molecule has 6 heteroatoms. The van der Waals surface area contributed by atoms with Crippen LogP contribution in [-0.4, -0.2) is 4.98 Å². The number of hydrogen-bond donors (Lipinski definition) is 2. The minimum absolute atomic E-state index is 0.209. The SMILES string of the molecule is NNC(Cc1ccc(Cl)cc1F)c1cnc2ccsc2c1. The molecular weight excluding hydrogens is 309 g/mol. The van der Waals surface area contributed by atoms with E-state index in [1.807, 2.05) is 17.5 Å². The molecule has 0 saturated heterocycles. The lowest BCUT2D eigenvalue weighted by Gasteiger charge is -2.16. The van der Waals surface area contributed by atoms with Gasteiger partial charge >= 0.3 is 0 Å². The van der Waals surface area contributed by atoms with Gasteiger partial charge in [0, 0.05) is 11.2 Å². The summed E-state index contributed by atoms with van der Waals surface area (Å²) in [5, 5.41) is 2.38. The molecule has 0 radical (unpaired) electrons. The van der Waals surface area contributed by atoms with E-state index in [4.69, 9.17) is 17.4 Å². The molecule has 0 aliphatic heterocycles. The molecule has 0 aliphatic rings. The van der Waals surface area contributed by atoms with Crippen LogP contribution in [0.1, 0.15) is 17.2 Å². The van der Waals surface area contributed by atoms with Crippen molar-refractivity contribution in [3.8, 4) is 0 Å². The third-order valence-electron chi connectivity index (χ3n) is 3.37. The quantitative estimate of drug-likeness (QED) is 0.567. The number of aromatic nitrogens is 1. The maximum Gasteiger partial charge on any atom is 0.127 e. The smallest absolute Gasteiger partial charge is 0.127 e. The van der Waals surface area contributed by atoms with Gasteiger partial charge in [-0.3, -0.25) is 16.3 Å². The Balaban J connectivity index is 1.90. The maximum absolute atomic E-state index is 13.9. The van der Waals surface area contributed by atoms with Crippen molar-refractivity contribution in [3.63, 3.8) is 0 Å². The van der Waals surface area contributed by atoms with Crippen LogP contribution in [0.3, 0.4) is 0 Å². The van der Waals surface area contributed by atoms with Crippen molar-refractivity contribution < 1.29 is 4.39 Å². The Morgan fingerprint density at radius 3 is 2.95 bits per heavy atom. The predicted molar refractivity (Wildman–Crippen MR) is 84.8 cm³/mol. The molecule has 21 heavy (non-hydrogen) atoms. The number of hydrogen-bond acceptors (Lipinski definition) is 4. The van der Waals surface area contributed by atoms with Gasteiger partial charge in [-0.2, -0.15) is 0 Å². The van der Waals surface area contributed by atoms with Gasteiger partial charge in [-0.05, 0) is 47.2 Å². The molecule has 0 aliphatic carbocycles. The Morgan fingerprint density at radius 2 is 2.19 bits per heavy atom. The first-order chi connectivity index (χ1) is 10.2. The molecule has 1 unspecified atom stereocenters. The monoisotopic (exact) mass is 321 g/mol. The third-order valence-corrected chi connectivity index (χ3v) is 4.45. The van der Waals surface area contributed by atoms with E-state index in [0.717, 1.165) is 15.8 Å². The summed E-state index contributed by atoms with van der Waals surface area (Å²) in [5.41, 5.74) is 5.18. The van der Waals surface area contributed by atoms with Gasteiger partial charge in [0.1, 0.15) is 5.82 Å². The van der Waals surface area contributed by atoms with Crippen LogP contribution in [0.25, 0.3) is 10.2 Å². The fourth-order valence-corrected chi connectivity index (χ4v) is 3.18. The van der Waals surface area contributed by atoms with Gasteiger partial charge in [-0.1, -0.05) is 17.7 Å². The normalized spacial score (nSPS) is 12.7. The topological polar surface area (TPSA) is 50.9 Å². The van der Waals surface area contributed by atoms with Gasteiger partial charge in [0.2, 0.25) is 0 Å². The zero-order valence-corrected chi connectivity index (χ0v) is 12.6. The number of hydrazine groups is 1. The lowest BCUT2D eigenvalue weighted by atomic mass is 10.0. The Kier molecular flexibility index (Phi) is 4.17. The van der Waals surface area contributed by atoms with Gasteiger partial charge in [0.25, 0.3) is 0 Å². The summed E-state index contributed by atoms with van der Waals surface area (Å²) in [6, 6.07) is 8.46. The molecule has 108 valence electrons. The van der Waals surface area contributed by atoms with Crippen LogP contribution in [0.5, 0.6) is 0 Å². The fraction of sp³-hybridized carbons (Fsp3) is 0.133. The molecule has 3 nitrogen and oxygen atoms in total. The molecule has 0 spiro atoms. The van der Waals surface area contributed by atoms with Crippen molar-refractivity contribution in [3.05, 3.63) is 63.9 Å². The number of thiophene rings is 1. The highest BCUT2D eigenvalue weighted by atomic mass is 35.5. The minimum Gasteiger partial charge on any atom is -0.271 e. The van der Waals surface area contributed by atoms with Crippen molar-refractivity contribution in [1.29, 1.82) is 0 Å². The van der Waals surface area contributed by atoms with Gasteiger partial charge in [-0.15, -0.1) is 11.3 Å². The first-order valence-corrected chi connectivity index (χ1v) is 7.66. The van der Waals surface area contributed by atoms with Crippen LogP contribution in [-0.2, 0) is 6.42 Å². The lowest BCUT2D eigenvalue weighted by Crippen LogP contribution is -2.29. The summed E-state index contributed by atoms with van der Waals surface area (Å²) < 4.78 is 15.0. The van der Waals surface area contributed by atoms with Crippen LogP contribution in [0, 0.1) is 5.82 Å². The summed E-state index contributed by atoms with van der Waals surface area (Å²) in [6.07, 6.45) is 2.20. The zero-order chi connectivity index (χ0) is 14.8. The molecular formula is C15H13ClFN3S. The highest BCUT2D eigenvalue weighted by Crippen LogP contribution is 2.25. The number of halogens is 2.